The smallest absolute Gasteiger partial charge is 0.240 e. The Bertz CT molecular complexity index is 534. The highest BCUT2D eigenvalue weighted by Crippen LogP contribution is 2.24. The third kappa shape index (κ3) is 3.53. The van der Waals surface area contributed by atoms with E-state index in [-0.39, 0.29) is 6.04 Å². The normalized spacial score (nSPS) is 27.1. The molecule has 2 fully saturated rings. The number of rotatable bonds is 3. The summed E-state index contributed by atoms with van der Waals surface area (Å²) in [5, 5.41) is 0. The van der Waals surface area contributed by atoms with Crippen LogP contribution in [0.2, 0.25) is 0 Å². The molecule has 3 rings (SSSR count). The minimum Gasteiger partial charge on any atom is -0.338 e. The SMILES string of the molecule is C[C@H](C(=O)N1[C@H](C)CCC[C@H]1C)N1CCN(c2ncccn2)CC1. The molecule has 0 saturated carbocycles. The molecule has 2 aliphatic heterocycles. The Balaban J connectivity index is 1.58. The molecule has 0 aromatic carbocycles. The number of hydrogen-bond donors (Lipinski definition) is 0. The van der Waals surface area contributed by atoms with Crippen molar-refractivity contribution in [3.8, 4) is 0 Å². The van der Waals surface area contributed by atoms with Gasteiger partial charge >= 0.3 is 0 Å². The minimum atomic E-state index is -0.0492. The van der Waals surface area contributed by atoms with Crippen LogP contribution in [-0.4, -0.2) is 70.0 Å². The fourth-order valence-electron chi connectivity index (χ4n) is 3.99. The number of likely N-dealkylation sites (tertiary alicyclic amines) is 1. The van der Waals surface area contributed by atoms with Crippen LogP contribution in [-0.2, 0) is 4.79 Å². The molecule has 2 saturated heterocycles. The molecule has 3 atom stereocenters. The Morgan fingerprint density at radius 3 is 2.25 bits per heavy atom. The maximum atomic E-state index is 13.0. The maximum absolute atomic E-state index is 13.0. The fraction of sp³-hybridized carbons (Fsp3) is 0.722. The molecule has 1 amide bonds. The summed E-state index contributed by atoms with van der Waals surface area (Å²) in [5.41, 5.74) is 0. The molecule has 0 bridgehead atoms. The lowest BCUT2D eigenvalue weighted by Gasteiger charge is -2.44. The summed E-state index contributed by atoms with van der Waals surface area (Å²) in [5.74, 6) is 1.08. The number of piperazine rings is 1. The predicted molar refractivity (Wildman–Crippen MR) is 94.9 cm³/mol. The molecular weight excluding hydrogens is 302 g/mol. The summed E-state index contributed by atoms with van der Waals surface area (Å²) in [6.45, 7) is 9.92. The molecule has 0 aliphatic carbocycles. The molecule has 132 valence electrons. The van der Waals surface area contributed by atoms with Crippen LogP contribution in [0.5, 0.6) is 0 Å². The second-order valence-corrected chi connectivity index (χ2v) is 7.12. The Kier molecular flexibility index (Phi) is 5.33. The third-order valence-electron chi connectivity index (χ3n) is 5.50. The summed E-state index contributed by atoms with van der Waals surface area (Å²) < 4.78 is 0. The van der Waals surface area contributed by atoms with Crippen molar-refractivity contribution in [2.24, 2.45) is 0 Å². The van der Waals surface area contributed by atoms with E-state index in [0.717, 1.165) is 45.0 Å². The van der Waals surface area contributed by atoms with Gasteiger partial charge in [-0.15, -0.1) is 0 Å². The summed E-state index contributed by atoms with van der Waals surface area (Å²) in [6, 6.07) is 2.51. The molecular formula is C18H29N5O. The number of nitrogens with zero attached hydrogens (tertiary/aromatic N) is 5. The molecule has 0 spiro atoms. The Hall–Kier alpha value is -1.69. The van der Waals surface area contributed by atoms with E-state index < -0.39 is 0 Å². The van der Waals surface area contributed by atoms with Gasteiger partial charge in [-0.3, -0.25) is 9.69 Å². The second kappa shape index (κ2) is 7.47. The second-order valence-electron chi connectivity index (χ2n) is 7.12. The van der Waals surface area contributed by atoms with Crippen molar-refractivity contribution >= 4 is 11.9 Å². The first-order valence-electron chi connectivity index (χ1n) is 9.16. The van der Waals surface area contributed by atoms with E-state index in [0.29, 0.717) is 18.0 Å². The van der Waals surface area contributed by atoms with E-state index in [2.05, 4.69) is 45.4 Å². The lowest BCUT2D eigenvalue weighted by Crippen LogP contribution is -2.58. The number of amides is 1. The van der Waals surface area contributed by atoms with Gasteiger partial charge in [-0.1, -0.05) is 0 Å². The van der Waals surface area contributed by atoms with Crippen LogP contribution in [0.3, 0.4) is 0 Å². The van der Waals surface area contributed by atoms with Gasteiger partial charge in [-0.05, 0) is 46.1 Å². The monoisotopic (exact) mass is 331 g/mol. The number of carbonyl (C=O) groups is 1. The van der Waals surface area contributed by atoms with Gasteiger partial charge in [0.15, 0.2) is 0 Å². The molecule has 2 aliphatic rings. The third-order valence-corrected chi connectivity index (χ3v) is 5.50. The highest BCUT2D eigenvalue weighted by Gasteiger charge is 2.35. The van der Waals surface area contributed by atoms with Crippen LogP contribution in [0.4, 0.5) is 5.95 Å². The van der Waals surface area contributed by atoms with Crippen LogP contribution in [0.25, 0.3) is 0 Å². The molecule has 0 radical (unpaired) electrons. The quantitative estimate of drug-likeness (QED) is 0.845. The topological polar surface area (TPSA) is 52.6 Å². The fourth-order valence-corrected chi connectivity index (χ4v) is 3.99. The van der Waals surface area contributed by atoms with Gasteiger partial charge in [-0.2, -0.15) is 0 Å². The zero-order valence-electron chi connectivity index (χ0n) is 15.1. The number of hydrogen-bond acceptors (Lipinski definition) is 5. The predicted octanol–water partition coefficient (Wildman–Crippen LogP) is 1.78. The summed E-state index contributed by atoms with van der Waals surface area (Å²) >= 11 is 0. The van der Waals surface area contributed by atoms with E-state index >= 15 is 0 Å². The van der Waals surface area contributed by atoms with Crippen LogP contribution in [0.1, 0.15) is 40.0 Å². The van der Waals surface area contributed by atoms with E-state index in [9.17, 15) is 4.79 Å². The van der Waals surface area contributed by atoms with Crippen LogP contribution in [0, 0.1) is 0 Å². The molecule has 0 N–H and O–H groups in total. The van der Waals surface area contributed by atoms with Crippen molar-refractivity contribution in [3.05, 3.63) is 18.5 Å². The highest BCUT2D eigenvalue weighted by atomic mass is 16.2. The van der Waals surface area contributed by atoms with Crippen LogP contribution < -0.4 is 4.90 Å². The Morgan fingerprint density at radius 1 is 1.08 bits per heavy atom. The lowest BCUT2D eigenvalue weighted by atomic mass is 9.96. The van der Waals surface area contributed by atoms with Gasteiger partial charge in [0.2, 0.25) is 11.9 Å². The van der Waals surface area contributed by atoms with Gasteiger partial charge in [-0.25, -0.2) is 9.97 Å². The van der Waals surface area contributed by atoms with Crippen molar-refractivity contribution in [3.63, 3.8) is 0 Å². The van der Waals surface area contributed by atoms with Gasteiger partial charge in [0.05, 0.1) is 6.04 Å². The first kappa shape index (κ1) is 17.1. The van der Waals surface area contributed by atoms with Crippen LogP contribution >= 0.6 is 0 Å². The van der Waals surface area contributed by atoms with E-state index in [1.807, 2.05) is 6.07 Å². The van der Waals surface area contributed by atoms with Gasteiger partial charge in [0.1, 0.15) is 0 Å². The Labute approximate surface area is 144 Å². The molecule has 1 aromatic heterocycles. The average molecular weight is 331 g/mol. The van der Waals surface area contributed by atoms with Crippen molar-refractivity contribution in [1.82, 2.24) is 19.8 Å². The van der Waals surface area contributed by atoms with Gasteiger partial charge in [0.25, 0.3) is 0 Å². The van der Waals surface area contributed by atoms with Gasteiger partial charge < -0.3 is 9.80 Å². The zero-order valence-corrected chi connectivity index (χ0v) is 15.1. The van der Waals surface area contributed by atoms with E-state index in [1.165, 1.54) is 6.42 Å². The summed E-state index contributed by atoms with van der Waals surface area (Å²) in [4.78, 5) is 28.3. The molecule has 1 aromatic rings. The lowest BCUT2D eigenvalue weighted by molar-refractivity contribution is -0.142. The van der Waals surface area contributed by atoms with E-state index in [1.54, 1.807) is 12.4 Å². The largest absolute Gasteiger partial charge is 0.338 e. The number of anilines is 1. The number of piperidine rings is 1. The summed E-state index contributed by atoms with van der Waals surface area (Å²) in [7, 11) is 0. The first-order chi connectivity index (χ1) is 11.6. The molecule has 0 unspecified atom stereocenters. The standard InChI is InChI=1S/C18H29N5O/c1-14-6-4-7-15(2)23(14)17(24)16(3)21-10-12-22(13-11-21)18-19-8-5-9-20-18/h5,8-9,14-16H,4,6-7,10-13H2,1-3H3/t14-,15-,16-/m1/s1. The Morgan fingerprint density at radius 2 is 1.67 bits per heavy atom. The minimum absolute atomic E-state index is 0.0492. The zero-order chi connectivity index (χ0) is 17.1. The van der Waals surface area contributed by atoms with Crippen molar-refractivity contribution < 1.29 is 4.79 Å². The first-order valence-corrected chi connectivity index (χ1v) is 9.16. The molecule has 24 heavy (non-hydrogen) atoms. The van der Waals surface area contributed by atoms with Gasteiger partial charge in [0, 0.05) is 50.7 Å². The van der Waals surface area contributed by atoms with Crippen molar-refractivity contribution in [2.45, 2.75) is 58.2 Å². The number of carbonyl (C=O) groups excluding carboxylic acids is 1. The molecule has 6 heteroatoms. The van der Waals surface area contributed by atoms with Crippen molar-refractivity contribution in [1.29, 1.82) is 0 Å². The highest BCUT2D eigenvalue weighted by molar-refractivity contribution is 5.82. The summed E-state index contributed by atoms with van der Waals surface area (Å²) in [6.07, 6.45) is 7.04. The maximum Gasteiger partial charge on any atom is 0.240 e. The molecule has 6 nitrogen and oxygen atoms in total. The van der Waals surface area contributed by atoms with Crippen LogP contribution in [0.15, 0.2) is 18.5 Å². The number of aromatic nitrogens is 2. The van der Waals surface area contributed by atoms with Crippen molar-refractivity contribution in [2.75, 3.05) is 31.1 Å². The molecule has 3 heterocycles. The average Bonchev–Trinajstić information content (AvgIpc) is 2.62. The van der Waals surface area contributed by atoms with E-state index in [4.69, 9.17) is 0 Å².